The van der Waals surface area contributed by atoms with Crippen molar-refractivity contribution in [2.45, 2.75) is 24.3 Å². The Bertz CT molecular complexity index is 792. The van der Waals surface area contributed by atoms with Crippen molar-refractivity contribution >= 4 is 37.9 Å². The lowest BCUT2D eigenvalue weighted by molar-refractivity contribution is 0.0935. The molecule has 0 N–H and O–H groups in total. The van der Waals surface area contributed by atoms with Gasteiger partial charge in [-0.1, -0.05) is 47.1 Å². The summed E-state index contributed by atoms with van der Waals surface area (Å²) in [6, 6.07) is 14.6. The van der Waals surface area contributed by atoms with Crippen LogP contribution in [0.4, 0.5) is 0 Å². The van der Waals surface area contributed by atoms with Crippen LogP contribution in [0.1, 0.15) is 23.7 Å². The van der Waals surface area contributed by atoms with Crippen molar-refractivity contribution in [1.82, 2.24) is 0 Å². The molecular weight excluding hydrogens is 328 g/mol. The third-order valence-electron chi connectivity index (χ3n) is 4.45. The number of halogens is 1. The van der Waals surface area contributed by atoms with E-state index >= 15 is 0 Å². The minimum atomic E-state index is 0.230. The second-order valence-corrected chi connectivity index (χ2v) is 6.84. The van der Waals surface area contributed by atoms with Crippen molar-refractivity contribution in [3.63, 3.8) is 0 Å². The number of fused-ring (bicyclic) bond motifs is 3. The number of alkyl halides is 1. The van der Waals surface area contributed by atoms with Crippen LogP contribution in [0.3, 0.4) is 0 Å². The van der Waals surface area contributed by atoms with E-state index in [0.29, 0.717) is 5.92 Å². The highest BCUT2D eigenvalue weighted by Crippen LogP contribution is 2.39. The van der Waals surface area contributed by atoms with Gasteiger partial charge in [0.15, 0.2) is 0 Å². The molecule has 1 aromatic heterocycles. The molecule has 3 aromatic rings. The van der Waals surface area contributed by atoms with Crippen molar-refractivity contribution in [2.75, 3.05) is 6.61 Å². The molecular formula is C18H17BrO2. The fourth-order valence-corrected chi connectivity index (χ4v) is 4.15. The van der Waals surface area contributed by atoms with Gasteiger partial charge in [0.05, 0.1) is 10.9 Å². The van der Waals surface area contributed by atoms with E-state index in [0.717, 1.165) is 24.2 Å². The number of para-hydroxylation sites is 1. The van der Waals surface area contributed by atoms with Crippen LogP contribution in [0, 0.1) is 5.92 Å². The van der Waals surface area contributed by atoms with Gasteiger partial charge in [-0.25, -0.2) is 0 Å². The van der Waals surface area contributed by atoms with Gasteiger partial charge in [-0.05, 0) is 36.1 Å². The Morgan fingerprint density at radius 1 is 1.10 bits per heavy atom. The maximum atomic E-state index is 5.89. The van der Waals surface area contributed by atoms with E-state index in [1.54, 1.807) is 0 Å². The first-order valence-electron chi connectivity index (χ1n) is 7.41. The minimum Gasteiger partial charge on any atom is -0.456 e. The van der Waals surface area contributed by atoms with Gasteiger partial charge >= 0.3 is 0 Å². The number of rotatable bonds is 2. The van der Waals surface area contributed by atoms with Gasteiger partial charge in [-0.3, -0.25) is 0 Å². The first-order chi connectivity index (χ1) is 10.2. The highest BCUT2D eigenvalue weighted by atomic mass is 79.9. The lowest BCUT2D eigenvalue weighted by Crippen LogP contribution is -2.19. The van der Waals surface area contributed by atoms with Gasteiger partial charge < -0.3 is 9.15 Å². The molecule has 0 radical (unpaired) electrons. The van der Waals surface area contributed by atoms with Crippen molar-refractivity contribution in [3.05, 3.63) is 48.0 Å². The molecule has 1 fully saturated rings. The van der Waals surface area contributed by atoms with Gasteiger partial charge in [-0.15, -0.1) is 0 Å². The van der Waals surface area contributed by atoms with Gasteiger partial charge in [-0.2, -0.15) is 0 Å². The molecule has 4 rings (SSSR count). The van der Waals surface area contributed by atoms with Crippen molar-refractivity contribution in [1.29, 1.82) is 0 Å². The summed E-state index contributed by atoms with van der Waals surface area (Å²) >= 11 is 3.84. The van der Waals surface area contributed by atoms with E-state index in [9.17, 15) is 0 Å². The van der Waals surface area contributed by atoms with E-state index in [1.807, 2.05) is 12.1 Å². The summed E-state index contributed by atoms with van der Waals surface area (Å²) < 4.78 is 11.8. The summed E-state index contributed by atoms with van der Waals surface area (Å²) in [7, 11) is 0. The Hall–Kier alpha value is -1.32. The van der Waals surface area contributed by atoms with Gasteiger partial charge in [0.25, 0.3) is 0 Å². The van der Waals surface area contributed by atoms with Crippen LogP contribution < -0.4 is 0 Å². The molecule has 0 aliphatic carbocycles. The lowest BCUT2D eigenvalue weighted by Gasteiger charge is -2.21. The minimum absolute atomic E-state index is 0.230. The summed E-state index contributed by atoms with van der Waals surface area (Å²) in [5.74, 6) is 0.589. The Morgan fingerprint density at radius 2 is 1.90 bits per heavy atom. The van der Waals surface area contributed by atoms with Crippen molar-refractivity contribution in [3.8, 4) is 0 Å². The van der Waals surface area contributed by atoms with Crippen LogP contribution in [0.15, 0.2) is 46.9 Å². The smallest absolute Gasteiger partial charge is 0.135 e. The second kappa shape index (κ2) is 5.15. The summed E-state index contributed by atoms with van der Waals surface area (Å²) in [6.45, 7) is 3.13. The highest BCUT2D eigenvalue weighted by Gasteiger charge is 2.31. The Kier molecular flexibility index (Phi) is 3.27. The molecule has 0 saturated carbocycles. The molecule has 3 heteroatoms. The van der Waals surface area contributed by atoms with Gasteiger partial charge in [0.2, 0.25) is 0 Å². The summed E-state index contributed by atoms with van der Waals surface area (Å²) in [5, 5.41) is 2.35. The molecule has 1 aliphatic heterocycles. The summed E-state index contributed by atoms with van der Waals surface area (Å²) in [6.07, 6.45) is 1.39. The van der Waals surface area contributed by atoms with Crippen LogP contribution in [0.5, 0.6) is 0 Å². The zero-order valence-electron chi connectivity index (χ0n) is 11.9. The first-order valence-corrected chi connectivity index (χ1v) is 8.32. The number of hydrogen-bond donors (Lipinski definition) is 0. The van der Waals surface area contributed by atoms with E-state index in [2.05, 4.69) is 53.2 Å². The normalized spacial score (nSPS) is 23.9. The first kappa shape index (κ1) is 13.4. The van der Waals surface area contributed by atoms with Crippen LogP contribution >= 0.6 is 15.9 Å². The maximum Gasteiger partial charge on any atom is 0.135 e. The number of ether oxygens (including phenoxy) is 1. The zero-order valence-corrected chi connectivity index (χ0v) is 13.5. The van der Waals surface area contributed by atoms with Gasteiger partial charge in [0, 0.05) is 17.4 Å². The molecule has 0 bridgehead atoms. The van der Waals surface area contributed by atoms with Crippen LogP contribution in [-0.4, -0.2) is 12.7 Å². The topological polar surface area (TPSA) is 22.4 Å². The van der Waals surface area contributed by atoms with Crippen LogP contribution in [-0.2, 0) is 4.74 Å². The van der Waals surface area contributed by atoms with E-state index in [-0.39, 0.29) is 10.9 Å². The fourth-order valence-electron chi connectivity index (χ4n) is 3.20. The average Bonchev–Trinajstić information content (AvgIpc) is 3.09. The zero-order chi connectivity index (χ0) is 14.4. The third kappa shape index (κ3) is 2.19. The van der Waals surface area contributed by atoms with E-state index in [4.69, 9.17) is 9.15 Å². The highest BCUT2D eigenvalue weighted by molar-refractivity contribution is 9.09. The molecule has 0 amide bonds. The number of hydrogen-bond acceptors (Lipinski definition) is 2. The van der Waals surface area contributed by atoms with Crippen LogP contribution in [0.2, 0.25) is 0 Å². The monoisotopic (exact) mass is 344 g/mol. The summed E-state index contributed by atoms with van der Waals surface area (Å²) in [4.78, 5) is 0.230. The summed E-state index contributed by atoms with van der Waals surface area (Å²) in [5.41, 5.74) is 3.15. The molecule has 2 aromatic carbocycles. The van der Waals surface area contributed by atoms with Gasteiger partial charge in [0.1, 0.15) is 11.2 Å². The molecule has 0 spiro atoms. The molecule has 21 heavy (non-hydrogen) atoms. The standard InChI is InChI=1S/C18H17BrO2/c1-11-8-9-20-18(11)17(19)12-6-7-16-14(10-12)13-4-2-3-5-15(13)21-16/h2-7,10-11,17-18H,8-9H2,1H3. The average molecular weight is 345 g/mol. The SMILES string of the molecule is CC1CCOC1C(Br)c1ccc2oc3ccccc3c2c1. The molecule has 3 unspecified atom stereocenters. The largest absolute Gasteiger partial charge is 0.456 e. The van der Waals surface area contributed by atoms with Crippen molar-refractivity contribution in [2.24, 2.45) is 5.92 Å². The maximum absolute atomic E-state index is 5.89. The molecule has 3 atom stereocenters. The quantitative estimate of drug-likeness (QED) is 0.577. The molecule has 1 saturated heterocycles. The predicted octanol–water partition coefficient (Wildman–Crippen LogP) is 5.45. The molecule has 2 nitrogen and oxygen atoms in total. The van der Waals surface area contributed by atoms with Crippen molar-refractivity contribution < 1.29 is 9.15 Å². The number of benzene rings is 2. The van der Waals surface area contributed by atoms with E-state index in [1.165, 1.54) is 16.3 Å². The third-order valence-corrected chi connectivity index (χ3v) is 5.50. The fraction of sp³-hybridized carbons (Fsp3) is 0.333. The molecule has 1 aliphatic rings. The second-order valence-electron chi connectivity index (χ2n) is 5.86. The molecule has 108 valence electrons. The van der Waals surface area contributed by atoms with Crippen LogP contribution in [0.25, 0.3) is 21.9 Å². The molecule has 2 heterocycles. The number of furan rings is 1. The Labute approximate surface area is 132 Å². The Balaban J connectivity index is 1.80. The predicted molar refractivity (Wildman–Crippen MR) is 88.9 cm³/mol. The lowest BCUT2D eigenvalue weighted by atomic mass is 9.96. The van der Waals surface area contributed by atoms with E-state index < -0.39 is 0 Å². The Morgan fingerprint density at radius 3 is 2.71 bits per heavy atom.